The van der Waals surface area contributed by atoms with Crippen LogP contribution in [0, 0.1) is 0 Å². The summed E-state index contributed by atoms with van der Waals surface area (Å²) in [5, 5.41) is 10.3. The van der Waals surface area contributed by atoms with Crippen molar-refractivity contribution in [1.29, 1.82) is 0 Å². The molecule has 3 rings (SSSR count). The molecule has 1 aromatic carbocycles. The predicted molar refractivity (Wildman–Crippen MR) is 86.1 cm³/mol. The number of hydrogen-bond acceptors (Lipinski definition) is 6. The van der Waals surface area contributed by atoms with Gasteiger partial charge in [-0.1, -0.05) is 5.21 Å². The molecular formula is C15H15ClN4O4. The first-order valence-electron chi connectivity index (χ1n) is 7.52. The van der Waals surface area contributed by atoms with Gasteiger partial charge < -0.3 is 4.74 Å². The van der Waals surface area contributed by atoms with Gasteiger partial charge in [-0.25, -0.2) is 0 Å². The van der Waals surface area contributed by atoms with E-state index in [9.17, 15) is 14.4 Å². The molecule has 0 radical (unpaired) electrons. The third kappa shape index (κ3) is 3.23. The first-order valence-corrected chi connectivity index (χ1v) is 8.05. The monoisotopic (exact) mass is 350 g/mol. The second-order valence-electron chi connectivity index (χ2n) is 5.38. The van der Waals surface area contributed by atoms with Crippen LogP contribution in [0.2, 0.25) is 0 Å². The number of halogens is 1. The molecule has 0 spiro atoms. The minimum absolute atomic E-state index is 0.157. The number of carbonyl (C=O) groups excluding carboxylic acids is 2. The van der Waals surface area contributed by atoms with Crippen LogP contribution in [0.5, 0.6) is 5.75 Å². The number of aromatic nitrogens is 3. The summed E-state index contributed by atoms with van der Waals surface area (Å²) in [7, 11) is 0. The maximum absolute atomic E-state index is 12.7. The molecule has 1 saturated heterocycles. The van der Waals surface area contributed by atoms with Crippen molar-refractivity contribution >= 4 is 34.3 Å². The number of imide groups is 1. The number of ether oxygens (including phenoxy) is 1. The van der Waals surface area contributed by atoms with Crippen molar-refractivity contribution in [3.05, 3.63) is 28.6 Å². The Hall–Kier alpha value is -2.48. The number of benzene rings is 1. The molecule has 1 aliphatic rings. The number of carbonyl (C=O) groups is 2. The third-order valence-corrected chi connectivity index (χ3v) is 3.97. The number of rotatable bonds is 5. The maximum atomic E-state index is 12.7. The molecule has 2 amide bonds. The molecule has 1 aliphatic heterocycles. The van der Waals surface area contributed by atoms with Crippen LogP contribution >= 0.6 is 11.6 Å². The molecule has 8 nitrogen and oxygen atoms in total. The highest BCUT2D eigenvalue weighted by Crippen LogP contribution is 2.19. The van der Waals surface area contributed by atoms with Gasteiger partial charge in [0.1, 0.15) is 17.3 Å². The summed E-state index contributed by atoms with van der Waals surface area (Å²) in [4.78, 5) is 35.8. The van der Waals surface area contributed by atoms with Crippen LogP contribution in [-0.2, 0) is 9.59 Å². The van der Waals surface area contributed by atoms with E-state index in [1.165, 1.54) is 0 Å². The summed E-state index contributed by atoms with van der Waals surface area (Å²) in [6.07, 6.45) is 1.06. The number of nitrogens with one attached hydrogen (secondary N) is 1. The molecule has 24 heavy (non-hydrogen) atoms. The van der Waals surface area contributed by atoms with Gasteiger partial charge in [0.05, 0.1) is 12.0 Å². The lowest BCUT2D eigenvalue weighted by atomic mass is 10.1. The minimum atomic E-state index is -0.840. The summed E-state index contributed by atoms with van der Waals surface area (Å²) in [6.45, 7) is 0.439. The van der Waals surface area contributed by atoms with Crippen molar-refractivity contribution in [2.24, 2.45) is 0 Å². The predicted octanol–water partition coefficient (Wildman–Crippen LogP) is 0.777. The minimum Gasteiger partial charge on any atom is -0.494 e. The normalized spacial score (nSPS) is 17.8. The van der Waals surface area contributed by atoms with Gasteiger partial charge in [0, 0.05) is 12.3 Å². The first-order chi connectivity index (χ1) is 11.6. The van der Waals surface area contributed by atoms with Crippen LogP contribution in [0.3, 0.4) is 0 Å². The Bertz CT molecular complexity index is 851. The quantitative estimate of drug-likeness (QED) is 0.485. The van der Waals surface area contributed by atoms with Crippen LogP contribution in [-0.4, -0.2) is 39.3 Å². The Balaban J connectivity index is 1.95. The Morgan fingerprint density at radius 3 is 2.92 bits per heavy atom. The summed E-state index contributed by atoms with van der Waals surface area (Å²) < 4.78 is 6.55. The number of alkyl halides is 1. The summed E-state index contributed by atoms with van der Waals surface area (Å²) in [6, 6.07) is 4.06. The molecule has 1 aromatic heterocycles. The van der Waals surface area contributed by atoms with Crippen LogP contribution in [0.4, 0.5) is 0 Å². The highest BCUT2D eigenvalue weighted by molar-refractivity contribution is 6.17. The number of nitrogens with zero attached hydrogens (tertiary/aromatic N) is 3. The van der Waals surface area contributed by atoms with Crippen molar-refractivity contribution in [1.82, 2.24) is 20.3 Å². The zero-order valence-electron chi connectivity index (χ0n) is 12.7. The van der Waals surface area contributed by atoms with Gasteiger partial charge >= 0.3 is 0 Å². The van der Waals surface area contributed by atoms with E-state index < -0.39 is 17.5 Å². The average molecular weight is 351 g/mol. The number of piperidine rings is 1. The highest BCUT2D eigenvalue weighted by atomic mass is 35.5. The number of hydrogen-bond donors (Lipinski definition) is 1. The first kappa shape index (κ1) is 16.4. The molecule has 0 bridgehead atoms. The highest BCUT2D eigenvalue weighted by Gasteiger charge is 2.30. The van der Waals surface area contributed by atoms with Crippen molar-refractivity contribution in [2.45, 2.75) is 25.3 Å². The van der Waals surface area contributed by atoms with Crippen molar-refractivity contribution < 1.29 is 14.3 Å². The van der Waals surface area contributed by atoms with E-state index in [4.69, 9.17) is 16.3 Å². The van der Waals surface area contributed by atoms with Crippen LogP contribution < -0.4 is 15.6 Å². The molecular weight excluding hydrogens is 336 g/mol. The fourth-order valence-electron chi connectivity index (χ4n) is 2.49. The largest absolute Gasteiger partial charge is 0.494 e. The van der Waals surface area contributed by atoms with Gasteiger partial charge in [-0.3, -0.25) is 19.7 Å². The molecule has 1 atom stereocenters. The van der Waals surface area contributed by atoms with Crippen LogP contribution in [0.1, 0.15) is 25.3 Å². The fourth-order valence-corrected chi connectivity index (χ4v) is 2.60. The second kappa shape index (κ2) is 6.96. The van der Waals surface area contributed by atoms with E-state index in [0.717, 1.165) is 4.68 Å². The Kier molecular flexibility index (Phi) is 4.75. The van der Waals surface area contributed by atoms with Gasteiger partial charge in [-0.2, -0.15) is 4.68 Å². The Morgan fingerprint density at radius 1 is 1.33 bits per heavy atom. The van der Waals surface area contributed by atoms with Gasteiger partial charge in [-0.15, -0.1) is 16.7 Å². The van der Waals surface area contributed by atoms with Gasteiger partial charge in [0.25, 0.3) is 11.5 Å². The molecule has 1 fully saturated rings. The van der Waals surface area contributed by atoms with Gasteiger partial charge in [-0.05, 0) is 31.0 Å². The molecule has 2 heterocycles. The topological polar surface area (TPSA) is 103 Å². The van der Waals surface area contributed by atoms with E-state index in [-0.39, 0.29) is 18.7 Å². The summed E-state index contributed by atoms with van der Waals surface area (Å²) in [5.74, 6) is 0.110. The van der Waals surface area contributed by atoms with Crippen LogP contribution in [0.25, 0.3) is 10.9 Å². The maximum Gasteiger partial charge on any atom is 0.278 e. The van der Waals surface area contributed by atoms with Crippen molar-refractivity contribution in [3.8, 4) is 5.75 Å². The Labute approximate surface area is 141 Å². The van der Waals surface area contributed by atoms with Gasteiger partial charge in [0.15, 0.2) is 0 Å². The van der Waals surface area contributed by atoms with Crippen LogP contribution in [0.15, 0.2) is 23.0 Å². The molecule has 1 unspecified atom stereocenters. The lowest BCUT2D eigenvalue weighted by Gasteiger charge is -2.21. The number of amides is 2. The average Bonchev–Trinajstić information content (AvgIpc) is 2.57. The fraction of sp³-hybridized carbons (Fsp3) is 0.400. The smallest absolute Gasteiger partial charge is 0.278 e. The third-order valence-electron chi connectivity index (χ3n) is 3.71. The Morgan fingerprint density at radius 2 is 2.17 bits per heavy atom. The van der Waals surface area contributed by atoms with Crippen molar-refractivity contribution in [2.75, 3.05) is 12.5 Å². The molecule has 2 aromatic rings. The van der Waals surface area contributed by atoms with Gasteiger partial charge in [0.2, 0.25) is 5.91 Å². The molecule has 0 saturated carbocycles. The standard InChI is InChI=1S/C15H15ClN4O4/c16-6-1-7-24-9-2-3-11-10(8-9)15(23)20(19-18-11)12-4-5-13(21)17-14(12)22/h2-3,8,12H,1,4-7H2,(H,17,21,22). The van der Waals surface area contributed by atoms with E-state index in [1.807, 2.05) is 0 Å². The van der Waals surface area contributed by atoms with E-state index >= 15 is 0 Å². The van der Waals surface area contributed by atoms with E-state index in [0.29, 0.717) is 35.6 Å². The zero-order chi connectivity index (χ0) is 17.1. The second-order valence-corrected chi connectivity index (χ2v) is 5.75. The molecule has 126 valence electrons. The van der Waals surface area contributed by atoms with E-state index in [2.05, 4.69) is 15.6 Å². The molecule has 0 aliphatic carbocycles. The van der Waals surface area contributed by atoms with Crippen molar-refractivity contribution in [3.63, 3.8) is 0 Å². The molecule has 9 heteroatoms. The lowest BCUT2D eigenvalue weighted by molar-refractivity contribution is -0.136. The summed E-state index contributed by atoms with van der Waals surface area (Å²) >= 11 is 5.61. The lowest BCUT2D eigenvalue weighted by Crippen LogP contribution is -2.45. The van der Waals surface area contributed by atoms with E-state index in [1.54, 1.807) is 18.2 Å². The zero-order valence-corrected chi connectivity index (χ0v) is 13.5. The summed E-state index contributed by atoms with van der Waals surface area (Å²) in [5.41, 5.74) is -0.0365. The SMILES string of the molecule is O=C1CCC(n2nnc3ccc(OCCCCl)cc3c2=O)C(=O)N1. The number of fused-ring (bicyclic) bond motifs is 1. The molecule has 1 N–H and O–H groups in total.